The van der Waals surface area contributed by atoms with Gasteiger partial charge in [0.1, 0.15) is 5.82 Å². The van der Waals surface area contributed by atoms with Crippen molar-refractivity contribution in [2.45, 2.75) is 26.3 Å². The van der Waals surface area contributed by atoms with Crippen LogP contribution in [0.15, 0.2) is 16.6 Å². The maximum absolute atomic E-state index is 5.54. The van der Waals surface area contributed by atoms with E-state index in [0.29, 0.717) is 11.4 Å². The Morgan fingerprint density at radius 3 is 2.75 bits per heavy atom. The first kappa shape index (κ1) is 13.4. The number of nitrogens with zero attached hydrogens (tertiary/aromatic N) is 2. The number of halogens is 1. The molecule has 16 heavy (non-hydrogen) atoms. The van der Waals surface area contributed by atoms with E-state index in [1.54, 1.807) is 0 Å². The van der Waals surface area contributed by atoms with Crippen molar-refractivity contribution in [3.05, 3.63) is 22.3 Å². The predicted molar refractivity (Wildman–Crippen MR) is 75.9 cm³/mol. The topological polar surface area (TPSA) is 42.2 Å². The van der Waals surface area contributed by atoms with Crippen LogP contribution in [0.2, 0.25) is 0 Å². The monoisotopic (exact) mass is 301 g/mol. The van der Waals surface area contributed by atoms with Gasteiger partial charge in [-0.25, -0.2) is 4.98 Å². The summed E-state index contributed by atoms with van der Waals surface area (Å²) in [5.41, 5.74) is 6.52. The molecule has 0 fully saturated rings. The molecular formula is C11H16BrN3S. The second kappa shape index (κ2) is 5.59. The van der Waals surface area contributed by atoms with Crippen LogP contribution in [0.3, 0.4) is 0 Å². The molecule has 5 heteroatoms. The Bertz CT molecular complexity index is 395. The summed E-state index contributed by atoms with van der Waals surface area (Å²) in [5, 5.41) is 0. The van der Waals surface area contributed by atoms with Crippen molar-refractivity contribution in [2.24, 2.45) is 5.73 Å². The van der Waals surface area contributed by atoms with Gasteiger partial charge in [-0.1, -0.05) is 12.2 Å². The Hall–Kier alpha value is -0.680. The molecule has 0 saturated carbocycles. The van der Waals surface area contributed by atoms with Crippen molar-refractivity contribution in [2.75, 3.05) is 11.9 Å². The van der Waals surface area contributed by atoms with Gasteiger partial charge in [-0.2, -0.15) is 0 Å². The molecule has 1 aromatic heterocycles. The molecule has 3 nitrogen and oxygen atoms in total. The Balaban J connectivity index is 2.83. The molecule has 1 unspecified atom stereocenters. The van der Waals surface area contributed by atoms with E-state index in [2.05, 4.69) is 32.7 Å². The van der Waals surface area contributed by atoms with Crippen molar-refractivity contribution in [1.29, 1.82) is 0 Å². The number of hydrogen-bond acceptors (Lipinski definition) is 3. The first-order chi connectivity index (χ1) is 7.41. The summed E-state index contributed by atoms with van der Waals surface area (Å²) in [4.78, 5) is 7.11. The minimum Gasteiger partial charge on any atom is -0.393 e. The number of hydrogen-bond donors (Lipinski definition) is 1. The van der Waals surface area contributed by atoms with Gasteiger partial charge in [-0.15, -0.1) is 0 Å². The van der Waals surface area contributed by atoms with Gasteiger partial charge < -0.3 is 10.6 Å². The summed E-state index contributed by atoms with van der Waals surface area (Å²) in [7, 11) is 2.00. The van der Waals surface area contributed by atoms with E-state index in [4.69, 9.17) is 18.0 Å². The summed E-state index contributed by atoms with van der Waals surface area (Å²) >= 11 is 8.34. The largest absolute Gasteiger partial charge is 0.393 e. The Morgan fingerprint density at radius 1 is 1.62 bits per heavy atom. The molecule has 2 N–H and O–H groups in total. The lowest BCUT2D eigenvalue weighted by molar-refractivity contribution is 0.704. The van der Waals surface area contributed by atoms with E-state index >= 15 is 0 Å². The Labute approximate surface area is 110 Å². The quantitative estimate of drug-likeness (QED) is 0.868. The van der Waals surface area contributed by atoms with Crippen molar-refractivity contribution >= 4 is 39.0 Å². The zero-order chi connectivity index (χ0) is 12.3. The summed E-state index contributed by atoms with van der Waals surface area (Å²) in [5.74, 6) is 0.935. The zero-order valence-electron chi connectivity index (χ0n) is 9.70. The Kier molecular flexibility index (Phi) is 4.68. The summed E-state index contributed by atoms with van der Waals surface area (Å²) in [6.45, 7) is 4.05. The third-order valence-corrected chi connectivity index (χ3v) is 3.53. The number of anilines is 1. The van der Waals surface area contributed by atoms with Crippen molar-refractivity contribution < 1.29 is 0 Å². The summed E-state index contributed by atoms with van der Waals surface area (Å²) in [6, 6.07) is 4.24. The number of thiocarbonyl (C=S) groups is 1. The lowest BCUT2D eigenvalue weighted by Crippen LogP contribution is -2.33. The first-order valence-electron chi connectivity index (χ1n) is 5.06. The molecule has 0 saturated heterocycles. The smallest absolute Gasteiger partial charge is 0.128 e. The maximum atomic E-state index is 5.54. The molecule has 0 amide bonds. The van der Waals surface area contributed by atoms with Crippen LogP contribution in [0.4, 0.5) is 5.82 Å². The minimum absolute atomic E-state index is 0.255. The highest BCUT2D eigenvalue weighted by atomic mass is 79.9. The molecule has 1 atom stereocenters. The standard InChI is InChI=1S/C11H16BrN3S/c1-7(6-10(13)16)15(3)11-5-4-9(12)8(2)14-11/h4-5,7H,6H2,1-3H3,(H2,13,16). The van der Waals surface area contributed by atoms with E-state index < -0.39 is 0 Å². The predicted octanol–water partition coefficient (Wildman–Crippen LogP) is 2.65. The average Bonchev–Trinajstić information content (AvgIpc) is 2.20. The molecule has 88 valence electrons. The molecular weight excluding hydrogens is 286 g/mol. The summed E-state index contributed by atoms with van der Waals surface area (Å²) in [6.07, 6.45) is 0.697. The zero-order valence-corrected chi connectivity index (χ0v) is 12.1. The van der Waals surface area contributed by atoms with Crippen LogP contribution in [-0.2, 0) is 0 Å². The van der Waals surface area contributed by atoms with Crippen LogP contribution < -0.4 is 10.6 Å². The number of aromatic nitrogens is 1. The lowest BCUT2D eigenvalue weighted by atomic mass is 10.2. The third kappa shape index (κ3) is 3.42. The highest BCUT2D eigenvalue weighted by Crippen LogP contribution is 2.20. The van der Waals surface area contributed by atoms with E-state index in [1.165, 1.54) is 0 Å². The fourth-order valence-electron chi connectivity index (χ4n) is 1.38. The van der Waals surface area contributed by atoms with Crippen LogP contribution in [0, 0.1) is 6.92 Å². The fraction of sp³-hybridized carbons (Fsp3) is 0.455. The van der Waals surface area contributed by atoms with Crippen molar-refractivity contribution in [3.63, 3.8) is 0 Å². The third-order valence-electron chi connectivity index (χ3n) is 2.53. The van der Waals surface area contributed by atoms with Crippen LogP contribution in [-0.4, -0.2) is 23.1 Å². The fourth-order valence-corrected chi connectivity index (χ4v) is 1.84. The number of aryl methyl sites for hydroxylation is 1. The molecule has 0 aliphatic rings. The molecule has 0 radical (unpaired) electrons. The Morgan fingerprint density at radius 2 is 2.25 bits per heavy atom. The molecule has 0 aromatic carbocycles. The normalized spacial score (nSPS) is 12.2. The van der Waals surface area contributed by atoms with Gasteiger partial charge in [0, 0.05) is 24.0 Å². The van der Waals surface area contributed by atoms with Gasteiger partial charge in [0.25, 0.3) is 0 Å². The van der Waals surface area contributed by atoms with E-state index in [-0.39, 0.29) is 6.04 Å². The van der Waals surface area contributed by atoms with Crippen molar-refractivity contribution in [3.8, 4) is 0 Å². The van der Waals surface area contributed by atoms with E-state index in [0.717, 1.165) is 16.0 Å². The van der Waals surface area contributed by atoms with Crippen molar-refractivity contribution in [1.82, 2.24) is 4.98 Å². The van der Waals surface area contributed by atoms with Gasteiger partial charge in [0.15, 0.2) is 0 Å². The van der Waals surface area contributed by atoms with Crippen LogP contribution in [0.1, 0.15) is 19.0 Å². The molecule has 0 spiro atoms. The van der Waals surface area contributed by atoms with E-state index in [9.17, 15) is 0 Å². The van der Waals surface area contributed by atoms with Gasteiger partial charge in [-0.3, -0.25) is 0 Å². The molecule has 1 rings (SSSR count). The van der Waals surface area contributed by atoms with Crippen LogP contribution in [0.5, 0.6) is 0 Å². The van der Waals surface area contributed by atoms with E-state index in [1.807, 2.05) is 26.1 Å². The molecule has 1 aromatic rings. The lowest BCUT2D eigenvalue weighted by Gasteiger charge is -2.26. The van der Waals surface area contributed by atoms with Gasteiger partial charge in [0.05, 0.1) is 10.7 Å². The second-order valence-electron chi connectivity index (χ2n) is 3.87. The maximum Gasteiger partial charge on any atom is 0.128 e. The molecule has 0 bridgehead atoms. The van der Waals surface area contributed by atoms with Gasteiger partial charge in [0.2, 0.25) is 0 Å². The average molecular weight is 302 g/mol. The van der Waals surface area contributed by atoms with Gasteiger partial charge in [-0.05, 0) is 41.9 Å². The molecule has 1 heterocycles. The van der Waals surface area contributed by atoms with Crippen LogP contribution in [0.25, 0.3) is 0 Å². The first-order valence-corrected chi connectivity index (χ1v) is 6.26. The SMILES string of the molecule is Cc1nc(N(C)C(C)CC(N)=S)ccc1Br. The number of nitrogens with two attached hydrogens (primary N) is 1. The van der Waals surface area contributed by atoms with Crippen LogP contribution >= 0.6 is 28.1 Å². The number of rotatable bonds is 4. The molecule has 0 aliphatic carbocycles. The second-order valence-corrected chi connectivity index (χ2v) is 5.25. The highest BCUT2D eigenvalue weighted by Gasteiger charge is 2.12. The minimum atomic E-state index is 0.255. The highest BCUT2D eigenvalue weighted by molar-refractivity contribution is 9.10. The molecule has 0 aliphatic heterocycles. The number of pyridine rings is 1. The van der Waals surface area contributed by atoms with Gasteiger partial charge >= 0.3 is 0 Å². The summed E-state index contributed by atoms with van der Waals surface area (Å²) < 4.78 is 1.02.